The lowest BCUT2D eigenvalue weighted by molar-refractivity contribution is -0.138. The van der Waals surface area contributed by atoms with Crippen LogP contribution in [0.1, 0.15) is 0 Å². The Morgan fingerprint density at radius 3 is 3.00 bits per heavy atom. The predicted molar refractivity (Wildman–Crippen MR) is 38.0 cm³/mol. The number of carboxylic acid groups (broad SMARTS) is 1. The van der Waals surface area contributed by atoms with Crippen molar-refractivity contribution in [1.29, 1.82) is 0 Å². The first-order chi connectivity index (χ1) is 5.77. The Bertz CT molecular complexity index is 405. The molecule has 0 spiro atoms. The lowest BCUT2D eigenvalue weighted by Crippen LogP contribution is -2.23. The molecule has 12 heavy (non-hydrogen) atoms. The van der Waals surface area contributed by atoms with Crippen molar-refractivity contribution in [2.24, 2.45) is 9.98 Å². The van der Waals surface area contributed by atoms with Gasteiger partial charge in [0, 0.05) is 6.20 Å². The average Bonchev–Trinajstić information content (AvgIpc) is 2.46. The standard InChI is InChI=1S/C7H5N3O2/c11-7(12)6-9-4-2-1-3-8-5(4)10-6/h1-3,6H,(H,11,12)/t6-/m0/s1. The van der Waals surface area contributed by atoms with Crippen molar-refractivity contribution in [3.05, 3.63) is 29.2 Å². The van der Waals surface area contributed by atoms with Gasteiger partial charge in [0.1, 0.15) is 5.36 Å². The number of hydrogen-bond acceptors (Lipinski definition) is 4. The molecule has 1 aliphatic rings. The molecule has 0 saturated heterocycles. The zero-order chi connectivity index (χ0) is 8.55. The van der Waals surface area contributed by atoms with Crippen molar-refractivity contribution >= 4 is 5.97 Å². The topological polar surface area (TPSA) is 74.9 Å². The third-order valence-electron chi connectivity index (χ3n) is 1.49. The fourth-order valence-corrected chi connectivity index (χ4v) is 0.976. The Morgan fingerprint density at radius 2 is 2.33 bits per heavy atom. The first kappa shape index (κ1) is 6.90. The third kappa shape index (κ3) is 0.952. The molecule has 1 aromatic heterocycles. The highest BCUT2D eigenvalue weighted by molar-refractivity contribution is 5.73. The molecule has 0 saturated carbocycles. The molecule has 2 rings (SSSR count). The summed E-state index contributed by atoms with van der Waals surface area (Å²) in [6.45, 7) is 0. The van der Waals surface area contributed by atoms with Gasteiger partial charge in [0.25, 0.3) is 0 Å². The SMILES string of the molecule is O=C(O)[C@H]1N=c2cccnc2=N1. The fraction of sp³-hybridized carbons (Fsp3) is 0.143. The van der Waals surface area contributed by atoms with Crippen LogP contribution in [0, 0.1) is 0 Å². The van der Waals surface area contributed by atoms with Crippen molar-refractivity contribution in [2.75, 3.05) is 0 Å². The number of nitrogens with zero attached hydrogens (tertiary/aromatic N) is 3. The van der Waals surface area contributed by atoms with Gasteiger partial charge >= 0.3 is 5.97 Å². The smallest absolute Gasteiger partial charge is 0.351 e. The number of carboxylic acids is 1. The molecule has 60 valence electrons. The highest BCUT2D eigenvalue weighted by Gasteiger charge is 2.17. The molecular formula is C7H5N3O2. The zero-order valence-electron chi connectivity index (χ0n) is 6.01. The monoisotopic (exact) mass is 163 g/mol. The Balaban J connectivity index is 2.60. The van der Waals surface area contributed by atoms with E-state index in [9.17, 15) is 4.79 Å². The minimum atomic E-state index is -1.05. The van der Waals surface area contributed by atoms with E-state index in [0.717, 1.165) is 0 Å². The maximum Gasteiger partial charge on any atom is 0.351 e. The van der Waals surface area contributed by atoms with Crippen LogP contribution in [0.3, 0.4) is 0 Å². The summed E-state index contributed by atoms with van der Waals surface area (Å²) in [5, 5.41) is 9.12. The molecule has 0 fully saturated rings. The number of hydrogen-bond donors (Lipinski definition) is 1. The van der Waals surface area contributed by atoms with Crippen molar-refractivity contribution in [3.8, 4) is 0 Å². The molecular weight excluding hydrogens is 158 g/mol. The summed E-state index contributed by atoms with van der Waals surface area (Å²) in [6.07, 6.45) is 0.553. The number of fused-ring (bicyclic) bond motifs is 1. The van der Waals surface area contributed by atoms with Crippen molar-refractivity contribution in [1.82, 2.24) is 4.98 Å². The Morgan fingerprint density at radius 1 is 1.50 bits per heavy atom. The summed E-state index contributed by atoms with van der Waals surface area (Å²) in [5.74, 6) is -1.05. The second-order valence-electron chi connectivity index (χ2n) is 2.32. The molecule has 5 nitrogen and oxygen atoms in total. The molecule has 1 atom stereocenters. The second-order valence-corrected chi connectivity index (χ2v) is 2.32. The first-order valence-corrected chi connectivity index (χ1v) is 3.37. The molecule has 2 heterocycles. The molecule has 1 aromatic rings. The fourth-order valence-electron chi connectivity index (χ4n) is 0.976. The largest absolute Gasteiger partial charge is 0.478 e. The Kier molecular flexibility index (Phi) is 1.36. The van der Waals surface area contributed by atoms with E-state index in [4.69, 9.17) is 5.11 Å². The van der Waals surface area contributed by atoms with Gasteiger partial charge in [-0.1, -0.05) is 0 Å². The van der Waals surface area contributed by atoms with E-state index in [1.807, 2.05) is 0 Å². The Labute approximate surface area is 67.1 Å². The summed E-state index contributed by atoms with van der Waals surface area (Å²) in [7, 11) is 0. The summed E-state index contributed by atoms with van der Waals surface area (Å²) < 4.78 is 0. The molecule has 0 bridgehead atoms. The van der Waals surface area contributed by atoms with Crippen LogP contribution in [0.5, 0.6) is 0 Å². The maximum atomic E-state index is 10.5. The van der Waals surface area contributed by atoms with Crippen LogP contribution in [0.2, 0.25) is 0 Å². The predicted octanol–water partition coefficient (Wildman–Crippen LogP) is -1.25. The van der Waals surface area contributed by atoms with E-state index >= 15 is 0 Å². The molecule has 1 aliphatic heterocycles. The summed E-state index contributed by atoms with van der Waals surface area (Å²) in [4.78, 5) is 21.9. The van der Waals surface area contributed by atoms with Crippen LogP contribution >= 0.6 is 0 Å². The normalized spacial score (nSPS) is 19.2. The quantitative estimate of drug-likeness (QED) is 0.561. The average molecular weight is 163 g/mol. The maximum absolute atomic E-state index is 10.5. The van der Waals surface area contributed by atoms with Crippen molar-refractivity contribution < 1.29 is 9.90 Å². The summed E-state index contributed by atoms with van der Waals surface area (Å²) in [5.41, 5.74) is 0.407. The number of carbonyl (C=O) groups is 1. The van der Waals surface area contributed by atoms with E-state index in [1.165, 1.54) is 0 Å². The van der Waals surface area contributed by atoms with Crippen LogP contribution in [0.15, 0.2) is 28.3 Å². The van der Waals surface area contributed by atoms with Crippen LogP contribution < -0.4 is 10.8 Å². The highest BCUT2D eigenvalue weighted by Crippen LogP contribution is 1.92. The summed E-state index contributed by atoms with van der Waals surface area (Å²) >= 11 is 0. The lowest BCUT2D eigenvalue weighted by Gasteiger charge is -1.91. The minimum Gasteiger partial charge on any atom is -0.478 e. The van der Waals surface area contributed by atoms with Crippen LogP contribution in [-0.2, 0) is 4.79 Å². The number of aromatic nitrogens is 1. The van der Waals surface area contributed by atoms with Gasteiger partial charge in [-0.3, -0.25) is 0 Å². The van der Waals surface area contributed by atoms with E-state index in [1.54, 1.807) is 18.3 Å². The van der Waals surface area contributed by atoms with E-state index in [-0.39, 0.29) is 0 Å². The van der Waals surface area contributed by atoms with Gasteiger partial charge in [-0.25, -0.2) is 19.8 Å². The number of pyridine rings is 1. The molecule has 5 heteroatoms. The van der Waals surface area contributed by atoms with E-state index in [0.29, 0.717) is 10.8 Å². The van der Waals surface area contributed by atoms with Gasteiger partial charge in [0.2, 0.25) is 6.17 Å². The first-order valence-electron chi connectivity index (χ1n) is 3.37. The molecule has 0 amide bonds. The molecule has 0 aliphatic carbocycles. The second kappa shape index (κ2) is 2.37. The van der Waals surface area contributed by atoms with Crippen molar-refractivity contribution in [3.63, 3.8) is 0 Å². The molecule has 0 aromatic carbocycles. The number of aliphatic carboxylic acids is 1. The van der Waals surface area contributed by atoms with E-state index in [2.05, 4.69) is 15.0 Å². The van der Waals surface area contributed by atoms with Gasteiger partial charge in [-0.2, -0.15) is 0 Å². The van der Waals surface area contributed by atoms with Gasteiger partial charge < -0.3 is 5.11 Å². The van der Waals surface area contributed by atoms with Crippen LogP contribution in [-0.4, -0.2) is 22.2 Å². The molecule has 0 unspecified atom stereocenters. The lowest BCUT2D eigenvalue weighted by atomic mass is 10.5. The van der Waals surface area contributed by atoms with Gasteiger partial charge in [-0.15, -0.1) is 0 Å². The summed E-state index contributed by atoms with van der Waals surface area (Å²) in [6, 6.07) is 3.39. The van der Waals surface area contributed by atoms with Gasteiger partial charge in [-0.05, 0) is 12.1 Å². The third-order valence-corrected chi connectivity index (χ3v) is 1.49. The highest BCUT2D eigenvalue weighted by atomic mass is 16.4. The van der Waals surface area contributed by atoms with Crippen molar-refractivity contribution in [2.45, 2.75) is 6.17 Å². The van der Waals surface area contributed by atoms with Crippen LogP contribution in [0.4, 0.5) is 0 Å². The Hall–Kier alpha value is -1.78. The van der Waals surface area contributed by atoms with Crippen LogP contribution in [0.25, 0.3) is 0 Å². The van der Waals surface area contributed by atoms with Gasteiger partial charge in [0.05, 0.1) is 0 Å². The number of rotatable bonds is 1. The van der Waals surface area contributed by atoms with E-state index < -0.39 is 12.1 Å². The molecule has 0 radical (unpaired) electrons. The van der Waals surface area contributed by atoms with Gasteiger partial charge in [0.15, 0.2) is 5.49 Å². The minimum absolute atomic E-state index is 0.407. The zero-order valence-corrected chi connectivity index (χ0v) is 6.01. The molecule has 1 N–H and O–H groups in total.